The van der Waals surface area contributed by atoms with E-state index < -0.39 is 0 Å². The van der Waals surface area contributed by atoms with Gasteiger partial charge in [-0.1, -0.05) is 0 Å². The predicted molar refractivity (Wildman–Crippen MR) is 66.5 cm³/mol. The van der Waals surface area contributed by atoms with Gasteiger partial charge in [-0.15, -0.1) is 0 Å². The summed E-state index contributed by atoms with van der Waals surface area (Å²) in [6.07, 6.45) is 2.46. The average Bonchev–Trinajstić information content (AvgIpc) is 2.26. The maximum atomic E-state index is 11.9. The number of rotatable bonds is 4. The van der Waals surface area contributed by atoms with Gasteiger partial charge in [0.25, 0.3) is 0 Å². The fourth-order valence-electron chi connectivity index (χ4n) is 2.09. The summed E-state index contributed by atoms with van der Waals surface area (Å²) in [5.74, 6) is 0.617. The molecule has 0 radical (unpaired) electrons. The summed E-state index contributed by atoms with van der Waals surface area (Å²) < 4.78 is 0. The minimum atomic E-state index is 0.0723. The monoisotopic (exact) mass is 227 g/mol. The van der Waals surface area contributed by atoms with E-state index in [1.54, 1.807) is 0 Å². The molecular weight excluding hydrogens is 202 g/mol. The molecule has 0 bridgehead atoms. The lowest BCUT2D eigenvalue weighted by Gasteiger charge is -2.30. The van der Waals surface area contributed by atoms with E-state index in [1.807, 2.05) is 25.7 Å². The lowest BCUT2D eigenvalue weighted by atomic mass is 9.99. The second-order valence-corrected chi connectivity index (χ2v) is 4.86. The minimum absolute atomic E-state index is 0.0723. The Kier molecular flexibility index (Phi) is 5.60. The van der Waals surface area contributed by atoms with Gasteiger partial charge in [-0.25, -0.2) is 4.79 Å². The van der Waals surface area contributed by atoms with Crippen molar-refractivity contribution in [3.8, 4) is 0 Å². The molecule has 1 rings (SSSR count). The molecule has 0 aromatic carbocycles. The quantitative estimate of drug-likeness (QED) is 0.763. The van der Waals surface area contributed by atoms with E-state index >= 15 is 0 Å². The number of nitrogens with one attached hydrogen (secondary N) is 2. The van der Waals surface area contributed by atoms with Crippen LogP contribution in [0.2, 0.25) is 0 Å². The van der Waals surface area contributed by atoms with Crippen molar-refractivity contribution in [2.75, 3.05) is 26.2 Å². The van der Waals surface area contributed by atoms with Gasteiger partial charge in [-0.3, -0.25) is 0 Å². The molecule has 1 saturated heterocycles. The molecule has 2 N–H and O–H groups in total. The highest BCUT2D eigenvalue weighted by Gasteiger charge is 2.19. The van der Waals surface area contributed by atoms with E-state index in [-0.39, 0.29) is 12.1 Å². The van der Waals surface area contributed by atoms with Crippen LogP contribution in [0.15, 0.2) is 0 Å². The zero-order valence-electron chi connectivity index (χ0n) is 10.8. The molecular formula is C12H25N3O. The fourth-order valence-corrected chi connectivity index (χ4v) is 2.09. The third-order valence-corrected chi connectivity index (χ3v) is 2.96. The van der Waals surface area contributed by atoms with Crippen LogP contribution < -0.4 is 10.6 Å². The van der Waals surface area contributed by atoms with Crippen molar-refractivity contribution < 1.29 is 4.79 Å². The molecule has 1 atom stereocenters. The minimum Gasteiger partial charge on any atom is -0.336 e. The number of hydrogen-bond donors (Lipinski definition) is 2. The van der Waals surface area contributed by atoms with E-state index in [1.165, 1.54) is 12.8 Å². The number of amides is 2. The molecule has 4 nitrogen and oxygen atoms in total. The summed E-state index contributed by atoms with van der Waals surface area (Å²) in [5.41, 5.74) is 0. The van der Waals surface area contributed by atoms with Gasteiger partial charge in [0, 0.05) is 19.1 Å². The standard InChI is InChI=1S/C12H25N3O/c1-4-15(12(16)14-10(2)3)9-11-6-5-7-13-8-11/h10-11,13H,4-9H2,1-3H3,(H,14,16). The van der Waals surface area contributed by atoms with Crippen molar-refractivity contribution in [1.29, 1.82) is 0 Å². The van der Waals surface area contributed by atoms with E-state index in [2.05, 4.69) is 10.6 Å². The Balaban J connectivity index is 2.37. The van der Waals surface area contributed by atoms with E-state index in [0.717, 1.165) is 26.2 Å². The second kappa shape index (κ2) is 6.74. The van der Waals surface area contributed by atoms with Crippen LogP contribution in [0.3, 0.4) is 0 Å². The number of carbonyl (C=O) groups excluding carboxylic acids is 1. The smallest absolute Gasteiger partial charge is 0.317 e. The predicted octanol–water partition coefficient (Wildman–Crippen LogP) is 1.43. The van der Waals surface area contributed by atoms with Crippen LogP contribution in [0.5, 0.6) is 0 Å². The van der Waals surface area contributed by atoms with Gasteiger partial charge in [-0.2, -0.15) is 0 Å². The summed E-state index contributed by atoms with van der Waals surface area (Å²) >= 11 is 0. The summed E-state index contributed by atoms with van der Waals surface area (Å²) in [5, 5.41) is 6.34. The highest BCUT2D eigenvalue weighted by atomic mass is 16.2. The number of carbonyl (C=O) groups is 1. The normalized spacial score (nSPS) is 20.9. The summed E-state index contributed by atoms with van der Waals surface area (Å²) in [7, 11) is 0. The molecule has 0 spiro atoms. The lowest BCUT2D eigenvalue weighted by Crippen LogP contribution is -2.47. The van der Waals surface area contributed by atoms with E-state index in [0.29, 0.717) is 5.92 Å². The molecule has 1 fully saturated rings. The van der Waals surface area contributed by atoms with Crippen LogP contribution in [-0.4, -0.2) is 43.2 Å². The maximum absolute atomic E-state index is 11.9. The van der Waals surface area contributed by atoms with Crippen LogP contribution in [0.1, 0.15) is 33.6 Å². The van der Waals surface area contributed by atoms with Crippen LogP contribution >= 0.6 is 0 Å². The second-order valence-electron chi connectivity index (χ2n) is 4.86. The summed E-state index contributed by atoms with van der Waals surface area (Å²) in [6, 6.07) is 0.286. The molecule has 94 valence electrons. The van der Waals surface area contributed by atoms with Crippen molar-refractivity contribution in [3.63, 3.8) is 0 Å². The van der Waals surface area contributed by atoms with E-state index in [4.69, 9.17) is 0 Å². The first-order valence-corrected chi connectivity index (χ1v) is 6.39. The van der Waals surface area contributed by atoms with Gasteiger partial charge >= 0.3 is 6.03 Å². The Bertz CT molecular complexity index is 212. The zero-order chi connectivity index (χ0) is 12.0. The highest BCUT2D eigenvalue weighted by Crippen LogP contribution is 2.11. The van der Waals surface area contributed by atoms with Gasteiger partial charge in [-0.05, 0) is 52.6 Å². The SMILES string of the molecule is CCN(CC1CCCNC1)C(=O)NC(C)C. The van der Waals surface area contributed by atoms with Crippen LogP contribution in [0.4, 0.5) is 4.79 Å². The average molecular weight is 227 g/mol. The summed E-state index contributed by atoms with van der Waals surface area (Å²) in [4.78, 5) is 13.8. The first kappa shape index (κ1) is 13.3. The van der Waals surface area contributed by atoms with Crippen LogP contribution in [-0.2, 0) is 0 Å². The number of hydrogen-bond acceptors (Lipinski definition) is 2. The van der Waals surface area contributed by atoms with Gasteiger partial charge in [0.2, 0.25) is 0 Å². The molecule has 16 heavy (non-hydrogen) atoms. The van der Waals surface area contributed by atoms with Crippen molar-refractivity contribution in [3.05, 3.63) is 0 Å². The van der Waals surface area contributed by atoms with Crippen molar-refractivity contribution in [2.24, 2.45) is 5.92 Å². The number of piperidine rings is 1. The van der Waals surface area contributed by atoms with Crippen LogP contribution in [0.25, 0.3) is 0 Å². The number of urea groups is 1. The lowest BCUT2D eigenvalue weighted by molar-refractivity contribution is 0.182. The Morgan fingerprint density at radius 2 is 2.31 bits per heavy atom. The molecule has 0 aromatic rings. The first-order chi connectivity index (χ1) is 7.63. The Morgan fingerprint density at radius 3 is 2.81 bits per heavy atom. The molecule has 1 unspecified atom stereocenters. The Hall–Kier alpha value is -0.770. The maximum Gasteiger partial charge on any atom is 0.317 e. The van der Waals surface area contributed by atoms with Gasteiger partial charge in [0.1, 0.15) is 0 Å². The number of nitrogens with zero attached hydrogens (tertiary/aromatic N) is 1. The Morgan fingerprint density at radius 1 is 1.56 bits per heavy atom. The zero-order valence-corrected chi connectivity index (χ0v) is 10.8. The van der Waals surface area contributed by atoms with Crippen molar-refractivity contribution in [1.82, 2.24) is 15.5 Å². The first-order valence-electron chi connectivity index (χ1n) is 6.39. The molecule has 4 heteroatoms. The molecule has 0 aliphatic carbocycles. The molecule has 1 aliphatic heterocycles. The highest BCUT2D eigenvalue weighted by molar-refractivity contribution is 5.74. The van der Waals surface area contributed by atoms with Gasteiger partial charge in [0.15, 0.2) is 0 Å². The largest absolute Gasteiger partial charge is 0.336 e. The fraction of sp³-hybridized carbons (Fsp3) is 0.917. The Labute approximate surface area is 98.8 Å². The molecule has 1 aliphatic rings. The van der Waals surface area contributed by atoms with Crippen molar-refractivity contribution in [2.45, 2.75) is 39.7 Å². The molecule has 2 amide bonds. The topological polar surface area (TPSA) is 44.4 Å². The molecule has 1 heterocycles. The third-order valence-electron chi connectivity index (χ3n) is 2.96. The van der Waals surface area contributed by atoms with Crippen LogP contribution in [0, 0.1) is 5.92 Å². The van der Waals surface area contributed by atoms with E-state index in [9.17, 15) is 4.79 Å². The van der Waals surface area contributed by atoms with Gasteiger partial charge < -0.3 is 15.5 Å². The molecule has 0 aromatic heterocycles. The van der Waals surface area contributed by atoms with Gasteiger partial charge in [0.05, 0.1) is 0 Å². The summed E-state index contributed by atoms with van der Waals surface area (Å²) in [6.45, 7) is 9.86. The molecule has 0 saturated carbocycles. The third kappa shape index (κ3) is 4.39. The van der Waals surface area contributed by atoms with Crippen molar-refractivity contribution >= 4 is 6.03 Å².